The number of nitrogens with one attached hydrogen (secondary N) is 1. The second kappa shape index (κ2) is 7.92. The number of aromatic nitrogens is 2. The molecular weight excluding hydrogens is 368 g/mol. The summed E-state index contributed by atoms with van der Waals surface area (Å²) >= 11 is 5.92. The largest absolute Gasteiger partial charge is 0.348 e. The van der Waals surface area contributed by atoms with Gasteiger partial charge in [0.15, 0.2) is 5.69 Å². The molecule has 0 radical (unpaired) electrons. The Labute approximate surface area is 161 Å². The molecule has 1 N–H and O–H groups in total. The number of nitrogens with zero attached hydrogens (tertiary/aromatic N) is 3. The van der Waals surface area contributed by atoms with Crippen LogP contribution in [0.15, 0.2) is 35.1 Å². The summed E-state index contributed by atoms with van der Waals surface area (Å²) in [4.78, 5) is 38.0. The molecule has 7 nitrogen and oxygen atoms in total. The summed E-state index contributed by atoms with van der Waals surface area (Å²) in [7, 11) is 0. The predicted octanol–water partition coefficient (Wildman–Crippen LogP) is 1.94. The predicted molar refractivity (Wildman–Crippen MR) is 102 cm³/mol. The van der Waals surface area contributed by atoms with Gasteiger partial charge in [-0.25, -0.2) is 4.68 Å². The van der Waals surface area contributed by atoms with Crippen molar-refractivity contribution in [2.24, 2.45) is 0 Å². The zero-order valence-electron chi connectivity index (χ0n) is 15.2. The molecule has 3 rings (SSSR count). The van der Waals surface area contributed by atoms with E-state index in [1.165, 1.54) is 13.0 Å². The lowest BCUT2D eigenvalue weighted by molar-refractivity contribution is -0.129. The molecule has 0 aliphatic carbocycles. The number of hydrogen-bond acceptors (Lipinski definition) is 4. The number of piperidine rings is 1. The molecule has 2 heterocycles. The monoisotopic (exact) mass is 388 g/mol. The minimum atomic E-state index is -0.496. The maximum Gasteiger partial charge on any atom is 0.276 e. The van der Waals surface area contributed by atoms with Crippen LogP contribution in [0.2, 0.25) is 5.02 Å². The van der Waals surface area contributed by atoms with Crippen molar-refractivity contribution in [3.63, 3.8) is 0 Å². The van der Waals surface area contributed by atoms with Crippen LogP contribution in [0, 0.1) is 6.92 Å². The van der Waals surface area contributed by atoms with Gasteiger partial charge in [0.2, 0.25) is 11.3 Å². The number of carbonyl (C=O) groups excluding carboxylic acids is 2. The Morgan fingerprint density at radius 1 is 1.19 bits per heavy atom. The molecule has 2 amide bonds. The van der Waals surface area contributed by atoms with Gasteiger partial charge in [-0.2, -0.15) is 5.10 Å². The molecule has 1 aliphatic rings. The zero-order valence-corrected chi connectivity index (χ0v) is 16.0. The fourth-order valence-corrected chi connectivity index (χ4v) is 3.27. The molecule has 8 heteroatoms. The topological polar surface area (TPSA) is 84.3 Å². The summed E-state index contributed by atoms with van der Waals surface area (Å²) in [5, 5.41) is 7.72. The van der Waals surface area contributed by atoms with Gasteiger partial charge in [0.1, 0.15) is 0 Å². The van der Waals surface area contributed by atoms with Crippen molar-refractivity contribution in [1.82, 2.24) is 20.0 Å². The van der Waals surface area contributed by atoms with E-state index in [-0.39, 0.29) is 17.6 Å². The van der Waals surface area contributed by atoms with E-state index in [0.717, 1.165) is 0 Å². The smallest absolute Gasteiger partial charge is 0.276 e. The molecule has 27 heavy (non-hydrogen) atoms. The average molecular weight is 389 g/mol. The molecule has 0 saturated carbocycles. The number of amides is 2. The number of likely N-dealkylation sites (tertiary alicyclic amines) is 1. The van der Waals surface area contributed by atoms with E-state index in [1.54, 1.807) is 40.8 Å². The van der Waals surface area contributed by atoms with Crippen molar-refractivity contribution in [3.8, 4) is 5.69 Å². The lowest BCUT2D eigenvalue weighted by Gasteiger charge is -2.31. The lowest BCUT2D eigenvalue weighted by atomic mass is 10.0. The third-order valence-electron chi connectivity index (χ3n) is 4.67. The molecule has 0 spiro atoms. The van der Waals surface area contributed by atoms with Gasteiger partial charge in [-0.05, 0) is 44.0 Å². The summed E-state index contributed by atoms with van der Waals surface area (Å²) in [6.07, 6.45) is 1.31. The van der Waals surface area contributed by atoms with Crippen LogP contribution in [0.1, 0.15) is 35.9 Å². The molecule has 1 aliphatic heterocycles. The highest BCUT2D eigenvalue weighted by Gasteiger charge is 2.24. The third-order valence-corrected chi connectivity index (χ3v) is 4.92. The van der Waals surface area contributed by atoms with E-state index in [2.05, 4.69) is 10.4 Å². The average Bonchev–Trinajstić information content (AvgIpc) is 2.63. The summed E-state index contributed by atoms with van der Waals surface area (Å²) in [6.45, 7) is 4.48. The van der Waals surface area contributed by atoms with E-state index >= 15 is 0 Å². The highest BCUT2D eigenvalue weighted by Crippen LogP contribution is 2.14. The van der Waals surface area contributed by atoms with Crippen molar-refractivity contribution in [3.05, 3.63) is 57.0 Å². The quantitative estimate of drug-likeness (QED) is 0.870. The number of benzene rings is 1. The zero-order chi connectivity index (χ0) is 19.6. The van der Waals surface area contributed by atoms with Crippen LogP contribution in [-0.2, 0) is 4.79 Å². The Morgan fingerprint density at radius 2 is 1.81 bits per heavy atom. The molecule has 1 fully saturated rings. The van der Waals surface area contributed by atoms with Gasteiger partial charge in [-0.15, -0.1) is 0 Å². The number of aryl methyl sites for hydroxylation is 1. The van der Waals surface area contributed by atoms with Crippen molar-refractivity contribution >= 4 is 23.4 Å². The lowest BCUT2D eigenvalue weighted by Crippen LogP contribution is -2.47. The normalized spacial score (nSPS) is 14.9. The number of hydrogen-bond donors (Lipinski definition) is 1. The molecule has 1 saturated heterocycles. The van der Waals surface area contributed by atoms with E-state index in [1.807, 2.05) is 0 Å². The van der Waals surface area contributed by atoms with Gasteiger partial charge in [0.25, 0.3) is 5.91 Å². The molecule has 1 aromatic heterocycles. The first-order chi connectivity index (χ1) is 12.8. The van der Waals surface area contributed by atoms with E-state index in [0.29, 0.717) is 42.3 Å². The van der Waals surface area contributed by atoms with Crippen LogP contribution >= 0.6 is 11.6 Å². The first-order valence-electron chi connectivity index (χ1n) is 8.78. The van der Waals surface area contributed by atoms with Crippen molar-refractivity contribution in [2.75, 3.05) is 13.1 Å². The van der Waals surface area contributed by atoms with Crippen LogP contribution in [0.3, 0.4) is 0 Å². The van der Waals surface area contributed by atoms with Crippen molar-refractivity contribution in [1.29, 1.82) is 0 Å². The SMILES string of the molecule is CC(=O)N1CCC(NC(=O)c2nn(-c3ccc(Cl)cc3)c(C)cc2=O)CC1. The second-order valence-electron chi connectivity index (χ2n) is 6.64. The standard InChI is InChI=1S/C19H21ClN4O3/c1-12-11-17(26)18(22-24(12)16-5-3-14(20)4-6-16)19(27)21-15-7-9-23(10-8-15)13(2)25/h3-6,11,15H,7-10H2,1-2H3,(H,21,27). The van der Waals surface area contributed by atoms with Gasteiger partial charge in [0, 0.05) is 42.8 Å². The molecule has 0 bridgehead atoms. The van der Waals surface area contributed by atoms with E-state index in [9.17, 15) is 14.4 Å². The summed E-state index contributed by atoms with van der Waals surface area (Å²) in [6, 6.07) is 8.30. The van der Waals surface area contributed by atoms with Gasteiger partial charge in [-0.3, -0.25) is 14.4 Å². The van der Waals surface area contributed by atoms with Gasteiger partial charge >= 0.3 is 0 Å². The maximum absolute atomic E-state index is 12.6. The molecule has 0 unspecified atom stereocenters. The summed E-state index contributed by atoms with van der Waals surface area (Å²) in [5.74, 6) is -0.463. The van der Waals surface area contributed by atoms with Crippen molar-refractivity contribution in [2.45, 2.75) is 32.7 Å². The molecule has 1 aromatic carbocycles. The van der Waals surface area contributed by atoms with Crippen LogP contribution < -0.4 is 10.7 Å². The summed E-state index contributed by atoms with van der Waals surface area (Å²) in [5.41, 5.74) is 0.760. The van der Waals surface area contributed by atoms with Crippen LogP contribution in [0.4, 0.5) is 0 Å². The van der Waals surface area contributed by atoms with Crippen LogP contribution in [-0.4, -0.2) is 45.6 Å². The molecule has 0 atom stereocenters. The highest BCUT2D eigenvalue weighted by molar-refractivity contribution is 6.30. The Balaban J connectivity index is 1.79. The number of carbonyl (C=O) groups is 2. The van der Waals surface area contributed by atoms with Crippen molar-refractivity contribution < 1.29 is 9.59 Å². The number of halogens is 1. The van der Waals surface area contributed by atoms with E-state index < -0.39 is 11.3 Å². The molecule has 142 valence electrons. The van der Waals surface area contributed by atoms with Crippen LogP contribution in [0.25, 0.3) is 5.69 Å². The minimum Gasteiger partial charge on any atom is -0.348 e. The Hall–Kier alpha value is -2.67. The Morgan fingerprint density at radius 3 is 2.41 bits per heavy atom. The third kappa shape index (κ3) is 4.36. The van der Waals surface area contributed by atoms with E-state index in [4.69, 9.17) is 11.6 Å². The fourth-order valence-electron chi connectivity index (χ4n) is 3.14. The maximum atomic E-state index is 12.6. The number of rotatable bonds is 3. The van der Waals surface area contributed by atoms with Crippen LogP contribution in [0.5, 0.6) is 0 Å². The minimum absolute atomic E-state index is 0.0332. The van der Waals surface area contributed by atoms with Gasteiger partial charge in [-0.1, -0.05) is 11.6 Å². The highest BCUT2D eigenvalue weighted by atomic mass is 35.5. The van der Waals surface area contributed by atoms with Gasteiger partial charge < -0.3 is 10.2 Å². The fraction of sp³-hybridized carbons (Fsp3) is 0.368. The summed E-state index contributed by atoms with van der Waals surface area (Å²) < 4.78 is 1.55. The Bertz CT molecular complexity index is 916. The second-order valence-corrected chi connectivity index (χ2v) is 7.08. The molecule has 2 aromatic rings. The first kappa shape index (κ1) is 19.1. The first-order valence-corrected chi connectivity index (χ1v) is 9.16. The molecular formula is C19H21ClN4O3. The Kier molecular flexibility index (Phi) is 5.60. The van der Waals surface area contributed by atoms with Gasteiger partial charge in [0.05, 0.1) is 5.69 Å².